The van der Waals surface area contributed by atoms with Gasteiger partial charge in [0, 0.05) is 19.0 Å². The van der Waals surface area contributed by atoms with Crippen LogP contribution < -0.4 is 5.73 Å². The molecule has 0 aromatic heterocycles. The van der Waals surface area contributed by atoms with Crippen LogP contribution in [0.2, 0.25) is 0 Å². The molecule has 3 N–H and O–H groups in total. The first kappa shape index (κ1) is 13.8. The molecule has 4 heteroatoms. The summed E-state index contributed by atoms with van der Waals surface area (Å²) in [4.78, 5) is 14.4. The molecular formula is C14H26N2O2. The number of hydrogen-bond acceptors (Lipinski definition) is 3. The molecule has 4 unspecified atom stereocenters. The number of nitrogens with two attached hydrogens (primary N) is 1. The maximum Gasteiger partial charge on any atom is 0.225 e. The van der Waals surface area contributed by atoms with Gasteiger partial charge in [-0.1, -0.05) is 13.3 Å². The van der Waals surface area contributed by atoms with E-state index in [1.807, 2.05) is 11.8 Å². The Morgan fingerprint density at radius 2 is 2.17 bits per heavy atom. The van der Waals surface area contributed by atoms with Crippen LogP contribution in [0.3, 0.4) is 0 Å². The monoisotopic (exact) mass is 254 g/mol. The third kappa shape index (κ3) is 3.04. The quantitative estimate of drug-likeness (QED) is 0.772. The van der Waals surface area contributed by atoms with Crippen LogP contribution in [0.1, 0.15) is 39.0 Å². The highest BCUT2D eigenvalue weighted by molar-refractivity contribution is 5.79. The first-order valence-corrected chi connectivity index (χ1v) is 7.28. The second-order valence-corrected chi connectivity index (χ2v) is 6.08. The van der Waals surface area contributed by atoms with Crippen molar-refractivity contribution in [2.24, 2.45) is 23.5 Å². The molecule has 1 aliphatic heterocycles. The summed E-state index contributed by atoms with van der Waals surface area (Å²) in [5.74, 6) is 1.21. The van der Waals surface area contributed by atoms with E-state index in [-0.39, 0.29) is 17.9 Å². The summed E-state index contributed by atoms with van der Waals surface area (Å²) in [6, 6.07) is 0. The van der Waals surface area contributed by atoms with E-state index < -0.39 is 0 Å². The van der Waals surface area contributed by atoms with E-state index in [1.165, 1.54) is 6.42 Å². The standard InChI is InChI=1S/C14H26N2O2/c1-10-9-16(6-5-13(10)17)14(18)12-4-2-3-11(7-12)8-15/h10-13,17H,2-9,15H2,1H3. The van der Waals surface area contributed by atoms with Crippen LogP contribution in [-0.4, -0.2) is 41.7 Å². The summed E-state index contributed by atoms with van der Waals surface area (Å²) in [6.45, 7) is 4.16. The molecule has 4 atom stereocenters. The Morgan fingerprint density at radius 3 is 2.83 bits per heavy atom. The van der Waals surface area contributed by atoms with Gasteiger partial charge in [-0.05, 0) is 44.1 Å². The van der Waals surface area contributed by atoms with Crippen LogP contribution >= 0.6 is 0 Å². The maximum atomic E-state index is 12.5. The summed E-state index contributed by atoms with van der Waals surface area (Å²) < 4.78 is 0. The molecular weight excluding hydrogens is 228 g/mol. The minimum atomic E-state index is -0.239. The summed E-state index contributed by atoms with van der Waals surface area (Å²) in [6.07, 6.45) is 4.77. The molecule has 2 fully saturated rings. The molecule has 0 bridgehead atoms. The van der Waals surface area contributed by atoms with E-state index in [2.05, 4.69) is 0 Å². The van der Waals surface area contributed by atoms with E-state index in [0.717, 1.165) is 25.7 Å². The summed E-state index contributed by atoms with van der Waals surface area (Å²) in [5, 5.41) is 9.71. The van der Waals surface area contributed by atoms with Crippen LogP contribution in [0.4, 0.5) is 0 Å². The van der Waals surface area contributed by atoms with E-state index in [1.54, 1.807) is 0 Å². The van der Waals surface area contributed by atoms with Crippen LogP contribution in [0, 0.1) is 17.8 Å². The average Bonchev–Trinajstić information content (AvgIpc) is 2.41. The van der Waals surface area contributed by atoms with Gasteiger partial charge in [0.1, 0.15) is 0 Å². The zero-order valence-corrected chi connectivity index (χ0v) is 11.3. The Labute approximate surface area is 110 Å². The van der Waals surface area contributed by atoms with E-state index in [0.29, 0.717) is 31.5 Å². The lowest BCUT2D eigenvalue weighted by Crippen LogP contribution is -2.48. The van der Waals surface area contributed by atoms with Gasteiger partial charge in [0.2, 0.25) is 5.91 Å². The minimum Gasteiger partial charge on any atom is -0.393 e. The highest BCUT2D eigenvalue weighted by atomic mass is 16.3. The van der Waals surface area contributed by atoms with Crippen LogP contribution in [0.25, 0.3) is 0 Å². The van der Waals surface area contributed by atoms with Gasteiger partial charge in [-0.2, -0.15) is 0 Å². The zero-order chi connectivity index (χ0) is 13.1. The van der Waals surface area contributed by atoms with E-state index in [4.69, 9.17) is 5.73 Å². The molecule has 0 aromatic carbocycles. The van der Waals surface area contributed by atoms with Crippen LogP contribution in [-0.2, 0) is 4.79 Å². The van der Waals surface area contributed by atoms with E-state index >= 15 is 0 Å². The molecule has 2 aliphatic rings. The number of amides is 1. The van der Waals surface area contributed by atoms with Crippen molar-refractivity contribution in [2.75, 3.05) is 19.6 Å². The average molecular weight is 254 g/mol. The first-order valence-electron chi connectivity index (χ1n) is 7.28. The molecule has 0 radical (unpaired) electrons. The number of rotatable bonds is 2. The smallest absolute Gasteiger partial charge is 0.225 e. The lowest BCUT2D eigenvalue weighted by atomic mass is 9.80. The highest BCUT2D eigenvalue weighted by Crippen LogP contribution is 2.30. The number of nitrogens with zero attached hydrogens (tertiary/aromatic N) is 1. The number of aliphatic hydroxyl groups is 1. The third-order valence-corrected chi connectivity index (χ3v) is 4.64. The predicted molar refractivity (Wildman–Crippen MR) is 70.9 cm³/mol. The molecule has 0 spiro atoms. The molecule has 104 valence electrons. The largest absolute Gasteiger partial charge is 0.393 e. The number of carbonyl (C=O) groups excluding carboxylic acids is 1. The van der Waals surface area contributed by atoms with Crippen molar-refractivity contribution < 1.29 is 9.90 Å². The van der Waals surface area contributed by atoms with Gasteiger partial charge < -0.3 is 15.7 Å². The summed E-state index contributed by atoms with van der Waals surface area (Å²) in [7, 11) is 0. The number of likely N-dealkylation sites (tertiary alicyclic amines) is 1. The SMILES string of the molecule is CC1CN(C(=O)C2CCCC(CN)C2)CCC1O. The Balaban J connectivity index is 1.90. The van der Waals surface area contributed by atoms with Crippen molar-refractivity contribution in [3.63, 3.8) is 0 Å². The van der Waals surface area contributed by atoms with Crippen molar-refractivity contribution in [3.8, 4) is 0 Å². The number of aliphatic hydroxyl groups excluding tert-OH is 1. The molecule has 1 aliphatic carbocycles. The van der Waals surface area contributed by atoms with Gasteiger partial charge in [-0.15, -0.1) is 0 Å². The number of piperidine rings is 1. The van der Waals surface area contributed by atoms with Crippen LogP contribution in [0.15, 0.2) is 0 Å². The Hall–Kier alpha value is -0.610. The predicted octanol–water partition coefficient (Wildman–Crippen LogP) is 0.981. The molecule has 1 amide bonds. The molecule has 4 nitrogen and oxygen atoms in total. The summed E-state index contributed by atoms with van der Waals surface area (Å²) in [5.41, 5.74) is 5.73. The Kier molecular flexibility index (Phi) is 4.62. The van der Waals surface area contributed by atoms with Crippen molar-refractivity contribution in [3.05, 3.63) is 0 Å². The van der Waals surface area contributed by atoms with Crippen LogP contribution in [0.5, 0.6) is 0 Å². The normalized spacial score (nSPS) is 37.6. The van der Waals surface area contributed by atoms with E-state index in [9.17, 15) is 9.90 Å². The third-order valence-electron chi connectivity index (χ3n) is 4.64. The van der Waals surface area contributed by atoms with Crippen molar-refractivity contribution >= 4 is 5.91 Å². The second kappa shape index (κ2) is 6.02. The van der Waals surface area contributed by atoms with Gasteiger partial charge in [0.25, 0.3) is 0 Å². The minimum absolute atomic E-state index is 0.176. The van der Waals surface area contributed by atoms with Gasteiger partial charge in [-0.3, -0.25) is 4.79 Å². The molecule has 1 heterocycles. The second-order valence-electron chi connectivity index (χ2n) is 6.08. The molecule has 18 heavy (non-hydrogen) atoms. The number of hydrogen-bond donors (Lipinski definition) is 2. The fourth-order valence-corrected chi connectivity index (χ4v) is 3.32. The topological polar surface area (TPSA) is 66.6 Å². The van der Waals surface area contributed by atoms with Gasteiger partial charge in [0.15, 0.2) is 0 Å². The number of carbonyl (C=O) groups is 1. The zero-order valence-electron chi connectivity index (χ0n) is 11.3. The van der Waals surface area contributed by atoms with Gasteiger partial charge in [-0.25, -0.2) is 0 Å². The van der Waals surface area contributed by atoms with Gasteiger partial charge in [0.05, 0.1) is 6.10 Å². The lowest BCUT2D eigenvalue weighted by Gasteiger charge is -2.38. The lowest BCUT2D eigenvalue weighted by molar-refractivity contribution is -0.140. The molecule has 1 saturated heterocycles. The van der Waals surface area contributed by atoms with Crippen molar-refractivity contribution in [2.45, 2.75) is 45.1 Å². The molecule has 0 aromatic rings. The highest BCUT2D eigenvalue weighted by Gasteiger charge is 2.33. The maximum absolute atomic E-state index is 12.5. The fourth-order valence-electron chi connectivity index (χ4n) is 3.32. The first-order chi connectivity index (χ1) is 8.61. The summed E-state index contributed by atoms with van der Waals surface area (Å²) >= 11 is 0. The molecule has 1 saturated carbocycles. The Bertz CT molecular complexity index is 288. The van der Waals surface area contributed by atoms with Crippen molar-refractivity contribution in [1.29, 1.82) is 0 Å². The fraction of sp³-hybridized carbons (Fsp3) is 0.929. The van der Waals surface area contributed by atoms with Crippen molar-refractivity contribution in [1.82, 2.24) is 4.90 Å². The Morgan fingerprint density at radius 1 is 1.39 bits per heavy atom. The molecule has 2 rings (SSSR count). The van der Waals surface area contributed by atoms with Gasteiger partial charge >= 0.3 is 0 Å².